The van der Waals surface area contributed by atoms with Crippen molar-refractivity contribution >= 4 is 11.9 Å². The SMILES string of the molecule is O=C(O)CC[C@H]1CCCN(C(=O)[C@@H]2COc3ccccc32)C1. The lowest BCUT2D eigenvalue weighted by molar-refractivity contribution is -0.137. The first-order valence-electron chi connectivity index (χ1n) is 7.87. The highest BCUT2D eigenvalue weighted by Gasteiger charge is 2.35. The van der Waals surface area contributed by atoms with Gasteiger partial charge in [0, 0.05) is 25.1 Å². The quantitative estimate of drug-likeness (QED) is 0.926. The topological polar surface area (TPSA) is 66.8 Å². The molecule has 1 N–H and O–H groups in total. The van der Waals surface area contributed by atoms with E-state index >= 15 is 0 Å². The summed E-state index contributed by atoms with van der Waals surface area (Å²) in [5.41, 5.74) is 0.972. The molecule has 0 radical (unpaired) electrons. The van der Waals surface area contributed by atoms with E-state index in [0.717, 1.165) is 30.7 Å². The molecule has 0 spiro atoms. The van der Waals surface area contributed by atoms with Gasteiger partial charge in [0.15, 0.2) is 0 Å². The summed E-state index contributed by atoms with van der Waals surface area (Å²) in [6, 6.07) is 7.69. The molecule has 1 fully saturated rings. The molecule has 2 aliphatic rings. The number of amides is 1. The van der Waals surface area contributed by atoms with Crippen LogP contribution in [0, 0.1) is 5.92 Å². The van der Waals surface area contributed by atoms with Crippen LogP contribution in [0.3, 0.4) is 0 Å². The highest BCUT2D eigenvalue weighted by Crippen LogP contribution is 2.35. The Hall–Kier alpha value is -2.04. The standard InChI is InChI=1S/C17H21NO4/c19-16(20)8-7-12-4-3-9-18(10-12)17(21)14-11-22-15-6-2-1-5-13(14)15/h1-2,5-6,12,14H,3-4,7-11H2,(H,19,20)/t12-,14-/m1/s1. The minimum Gasteiger partial charge on any atom is -0.492 e. The first-order valence-corrected chi connectivity index (χ1v) is 7.87. The zero-order chi connectivity index (χ0) is 15.5. The molecule has 0 aromatic heterocycles. The van der Waals surface area contributed by atoms with Gasteiger partial charge < -0.3 is 14.7 Å². The summed E-state index contributed by atoms with van der Waals surface area (Å²) in [5.74, 6) is 0.243. The Bertz CT molecular complexity index is 572. The number of aliphatic carboxylic acids is 1. The molecule has 1 amide bonds. The van der Waals surface area contributed by atoms with Crippen molar-refractivity contribution in [2.75, 3.05) is 19.7 Å². The van der Waals surface area contributed by atoms with Crippen molar-refractivity contribution in [3.8, 4) is 5.75 Å². The van der Waals surface area contributed by atoms with Crippen LogP contribution >= 0.6 is 0 Å². The van der Waals surface area contributed by atoms with Gasteiger partial charge in [-0.15, -0.1) is 0 Å². The molecule has 2 atom stereocenters. The molecule has 3 rings (SSSR count). The Morgan fingerprint density at radius 3 is 2.95 bits per heavy atom. The molecule has 2 aliphatic heterocycles. The zero-order valence-corrected chi connectivity index (χ0v) is 12.5. The number of rotatable bonds is 4. The average molecular weight is 303 g/mol. The molecule has 5 nitrogen and oxygen atoms in total. The summed E-state index contributed by atoms with van der Waals surface area (Å²) in [6.45, 7) is 1.85. The number of nitrogens with zero attached hydrogens (tertiary/aromatic N) is 1. The lowest BCUT2D eigenvalue weighted by atomic mass is 9.91. The lowest BCUT2D eigenvalue weighted by Gasteiger charge is -2.34. The van der Waals surface area contributed by atoms with E-state index in [-0.39, 0.29) is 18.2 Å². The predicted molar refractivity (Wildman–Crippen MR) is 80.9 cm³/mol. The fourth-order valence-corrected chi connectivity index (χ4v) is 3.42. The van der Waals surface area contributed by atoms with E-state index in [9.17, 15) is 9.59 Å². The summed E-state index contributed by atoms with van der Waals surface area (Å²) in [4.78, 5) is 25.4. The molecule has 0 bridgehead atoms. The van der Waals surface area contributed by atoms with Gasteiger partial charge in [-0.05, 0) is 31.2 Å². The third kappa shape index (κ3) is 3.08. The highest BCUT2D eigenvalue weighted by molar-refractivity contribution is 5.85. The number of carbonyl (C=O) groups excluding carboxylic acids is 1. The molecule has 22 heavy (non-hydrogen) atoms. The van der Waals surface area contributed by atoms with Crippen LogP contribution in [0.2, 0.25) is 0 Å². The average Bonchev–Trinajstić information content (AvgIpc) is 2.96. The molecular weight excluding hydrogens is 282 g/mol. The summed E-state index contributed by atoms with van der Waals surface area (Å²) in [6.07, 6.45) is 2.79. The van der Waals surface area contributed by atoms with E-state index in [0.29, 0.717) is 25.5 Å². The summed E-state index contributed by atoms with van der Waals surface area (Å²) in [7, 11) is 0. The van der Waals surface area contributed by atoms with Crippen molar-refractivity contribution in [3.05, 3.63) is 29.8 Å². The molecular formula is C17H21NO4. The molecule has 118 valence electrons. The largest absolute Gasteiger partial charge is 0.492 e. The van der Waals surface area contributed by atoms with Crippen molar-refractivity contribution in [1.29, 1.82) is 0 Å². The Balaban J connectivity index is 1.64. The van der Waals surface area contributed by atoms with Gasteiger partial charge in [0.2, 0.25) is 5.91 Å². The van der Waals surface area contributed by atoms with Crippen molar-refractivity contribution in [3.63, 3.8) is 0 Å². The Morgan fingerprint density at radius 2 is 2.14 bits per heavy atom. The minimum absolute atomic E-state index is 0.116. The maximum absolute atomic E-state index is 12.8. The summed E-state index contributed by atoms with van der Waals surface area (Å²) < 4.78 is 5.60. The number of carboxylic acid groups (broad SMARTS) is 1. The van der Waals surface area contributed by atoms with Gasteiger partial charge in [-0.2, -0.15) is 0 Å². The molecule has 1 aromatic rings. The molecule has 1 saturated heterocycles. The van der Waals surface area contributed by atoms with Crippen LogP contribution in [0.15, 0.2) is 24.3 Å². The van der Waals surface area contributed by atoms with Crippen LogP contribution in [0.5, 0.6) is 5.75 Å². The monoisotopic (exact) mass is 303 g/mol. The van der Waals surface area contributed by atoms with Gasteiger partial charge in [0.1, 0.15) is 18.3 Å². The fourth-order valence-electron chi connectivity index (χ4n) is 3.42. The number of likely N-dealkylation sites (tertiary alicyclic amines) is 1. The van der Waals surface area contributed by atoms with Gasteiger partial charge in [-0.25, -0.2) is 0 Å². The normalized spacial score (nSPS) is 23.7. The lowest BCUT2D eigenvalue weighted by Crippen LogP contribution is -2.42. The second-order valence-corrected chi connectivity index (χ2v) is 6.13. The fraction of sp³-hybridized carbons (Fsp3) is 0.529. The van der Waals surface area contributed by atoms with Crippen LogP contribution in [0.4, 0.5) is 0 Å². The molecule has 0 aliphatic carbocycles. The predicted octanol–water partition coefficient (Wildman–Crippen LogP) is 2.27. The molecule has 1 aromatic carbocycles. The van der Waals surface area contributed by atoms with Crippen molar-refractivity contribution in [2.24, 2.45) is 5.92 Å². The van der Waals surface area contributed by atoms with Crippen molar-refractivity contribution in [1.82, 2.24) is 4.90 Å². The number of fused-ring (bicyclic) bond motifs is 1. The van der Waals surface area contributed by atoms with E-state index in [4.69, 9.17) is 9.84 Å². The maximum atomic E-state index is 12.8. The van der Waals surface area contributed by atoms with Crippen LogP contribution in [0.1, 0.15) is 37.2 Å². The van der Waals surface area contributed by atoms with E-state index < -0.39 is 5.97 Å². The molecule has 0 saturated carbocycles. The first kappa shape index (κ1) is 14.9. The number of hydrogen-bond acceptors (Lipinski definition) is 3. The van der Waals surface area contributed by atoms with Gasteiger partial charge in [-0.3, -0.25) is 9.59 Å². The second kappa shape index (κ2) is 6.38. The van der Waals surface area contributed by atoms with Crippen molar-refractivity contribution < 1.29 is 19.4 Å². The third-order valence-corrected chi connectivity index (χ3v) is 4.60. The second-order valence-electron chi connectivity index (χ2n) is 6.13. The van der Waals surface area contributed by atoms with Crippen LogP contribution in [-0.4, -0.2) is 41.6 Å². The van der Waals surface area contributed by atoms with Gasteiger partial charge in [-0.1, -0.05) is 18.2 Å². The number of hydrogen-bond donors (Lipinski definition) is 1. The van der Waals surface area contributed by atoms with Gasteiger partial charge in [0.25, 0.3) is 0 Å². The van der Waals surface area contributed by atoms with E-state index in [2.05, 4.69) is 0 Å². The summed E-state index contributed by atoms with van der Waals surface area (Å²) >= 11 is 0. The van der Waals surface area contributed by atoms with Crippen LogP contribution in [-0.2, 0) is 9.59 Å². The number of piperidine rings is 1. The van der Waals surface area contributed by atoms with Crippen LogP contribution < -0.4 is 4.74 Å². The van der Waals surface area contributed by atoms with E-state index in [1.807, 2.05) is 29.2 Å². The number of para-hydroxylation sites is 1. The highest BCUT2D eigenvalue weighted by atomic mass is 16.5. The minimum atomic E-state index is -0.762. The number of carboxylic acids is 1. The zero-order valence-electron chi connectivity index (χ0n) is 12.5. The van der Waals surface area contributed by atoms with Gasteiger partial charge >= 0.3 is 5.97 Å². The third-order valence-electron chi connectivity index (χ3n) is 4.60. The number of benzene rings is 1. The van der Waals surface area contributed by atoms with Crippen LogP contribution in [0.25, 0.3) is 0 Å². The molecule has 5 heteroatoms. The van der Waals surface area contributed by atoms with E-state index in [1.54, 1.807) is 0 Å². The first-order chi connectivity index (χ1) is 10.6. The molecule has 2 heterocycles. The number of carbonyl (C=O) groups is 2. The molecule has 0 unspecified atom stereocenters. The number of ether oxygens (including phenoxy) is 1. The smallest absolute Gasteiger partial charge is 0.303 e. The summed E-state index contributed by atoms with van der Waals surface area (Å²) in [5, 5.41) is 8.80. The van der Waals surface area contributed by atoms with Gasteiger partial charge in [0.05, 0.1) is 0 Å². The Labute approximate surface area is 129 Å². The Kier molecular flexibility index (Phi) is 4.32. The van der Waals surface area contributed by atoms with Crippen molar-refractivity contribution in [2.45, 2.75) is 31.6 Å². The maximum Gasteiger partial charge on any atom is 0.303 e. The van der Waals surface area contributed by atoms with E-state index in [1.165, 1.54) is 0 Å². The Morgan fingerprint density at radius 1 is 1.32 bits per heavy atom.